The molecule has 0 unspecified atom stereocenters. The molecule has 0 amide bonds. The fourth-order valence-corrected chi connectivity index (χ4v) is 1.86. The van der Waals surface area contributed by atoms with Gasteiger partial charge in [0.05, 0.1) is 13.1 Å². The van der Waals surface area contributed by atoms with E-state index in [1.807, 2.05) is 13.0 Å². The fraction of sp³-hybridized carbons (Fsp3) is 0.222. The van der Waals surface area contributed by atoms with Crippen LogP contribution >= 0.6 is 24.0 Å². The second-order valence-corrected chi connectivity index (χ2v) is 4.82. The summed E-state index contributed by atoms with van der Waals surface area (Å²) in [5, 5.41) is 6.11. The Morgan fingerprint density at radius 3 is 2.80 bits per heavy atom. The molecule has 0 saturated heterocycles. The third-order valence-corrected chi connectivity index (χ3v) is 2.94. The van der Waals surface area contributed by atoms with Gasteiger partial charge in [0, 0.05) is 24.9 Å². The lowest BCUT2D eigenvalue weighted by Crippen LogP contribution is -2.37. The van der Waals surface area contributed by atoms with Gasteiger partial charge in [-0.2, -0.15) is 0 Å². The zero-order chi connectivity index (χ0) is 17.2. The quantitative estimate of drug-likeness (QED) is 0.305. The van der Waals surface area contributed by atoms with Crippen LogP contribution in [0.5, 0.6) is 11.6 Å². The van der Waals surface area contributed by atoms with E-state index in [4.69, 9.17) is 11.2 Å². The maximum atomic E-state index is 13.1. The molecule has 2 N–H and O–H groups in total. The first kappa shape index (κ1) is 20.7. The van der Waals surface area contributed by atoms with Gasteiger partial charge in [-0.1, -0.05) is 18.1 Å². The highest BCUT2D eigenvalue weighted by molar-refractivity contribution is 14.0. The van der Waals surface area contributed by atoms with Gasteiger partial charge in [0.2, 0.25) is 5.88 Å². The molecule has 5 nitrogen and oxygen atoms in total. The largest absolute Gasteiger partial charge is 0.439 e. The van der Waals surface area contributed by atoms with Crippen molar-refractivity contribution in [1.82, 2.24) is 15.6 Å². The number of pyridine rings is 1. The first-order chi connectivity index (χ1) is 11.7. The summed E-state index contributed by atoms with van der Waals surface area (Å²) in [5.41, 5.74) is 0.916. The van der Waals surface area contributed by atoms with E-state index in [0.717, 1.165) is 12.1 Å². The van der Waals surface area contributed by atoms with E-state index >= 15 is 0 Å². The highest BCUT2D eigenvalue weighted by Gasteiger charge is 2.01. The topological polar surface area (TPSA) is 58.5 Å². The van der Waals surface area contributed by atoms with Crippen LogP contribution in [0.25, 0.3) is 0 Å². The number of benzene rings is 1. The van der Waals surface area contributed by atoms with Crippen LogP contribution in [-0.4, -0.2) is 24.0 Å². The third kappa shape index (κ3) is 7.39. The van der Waals surface area contributed by atoms with Crippen molar-refractivity contribution in [2.24, 2.45) is 4.99 Å². The smallest absolute Gasteiger partial charge is 0.219 e. The van der Waals surface area contributed by atoms with E-state index in [-0.39, 0.29) is 29.8 Å². The normalized spacial score (nSPS) is 10.4. The van der Waals surface area contributed by atoms with Gasteiger partial charge in [-0.05, 0) is 24.6 Å². The van der Waals surface area contributed by atoms with Crippen LogP contribution in [0.15, 0.2) is 47.6 Å². The van der Waals surface area contributed by atoms with Gasteiger partial charge in [0.25, 0.3) is 0 Å². The summed E-state index contributed by atoms with van der Waals surface area (Å²) in [5.74, 6) is 3.60. The maximum Gasteiger partial charge on any atom is 0.219 e. The number of hydrogen-bond donors (Lipinski definition) is 2. The van der Waals surface area contributed by atoms with Crippen LogP contribution in [0.3, 0.4) is 0 Å². The molecular formula is C18H20FIN4O. The molecule has 1 aromatic carbocycles. The second kappa shape index (κ2) is 11.3. The Labute approximate surface area is 164 Å². The van der Waals surface area contributed by atoms with Gasteiger partial charge in [-0.15, -0.1) is 30.4 Å². The number of rotatable bonds is 6. The molecule has 132 valence electrons. The number of aliphatic imine (C=N–C) groups is 1. The van der Waals surface area contributed by atoms with Gasteiger partial charge in [-0.3, -0.25) is 0 Å². The highest BCUT2D eigenvalue weighted by Crippen LogP contribution is 2.20. The monoisotopic (exact) mass is 454 g/mol. The van der Waals surface area contributed by atoms with E-state index in [2.05, 4.69) is 26.5 Å². The second-order valence-electron chi connectivity index (χ2n) is 4.82. The molecule has 0 aliphatic carbocycles. The molecule has 0 aliphatic rings. The van der Waals surface area contributed by atoms with Gasteiger partial charge >= 0.3 is 0 Å². The third-order valence-electron chi connectivity index (χ3n) is 2.94. The zero-order valence-corrected chi connectivity index (χ0v) is 16.2. The van der Waals surface area contributed by atoms with Crippen molar-refractivity contribution >= 4 is 29.9 Å². The van der Waals surface area contributed by atoms with Crippen molar-refractivity contribution in [1.29, 1.82) is 0 Å². The standard InChI is InChI=1S/C18H19FN4O.HI/c1-3-10-21-18(20-4-2)23-13-14-8-9-17(22-12-14)24-16-7-5-6-15(19)11-16;/h1,5-9,11-12H,4,10,13H2,2H3,(H2,20,21,23);1H. The van der Waals surface area contributed by atoms with Gasteiger partial charge in [0.15, 0.2) is 5.96 Å². The summed E-state index contributed by atoms with van der Waals surface area (Å²) in [6, 6.07) is 9.49. The zero-order valence-electron chi connectivity index (χ0n) is 13.8. The Morgan fingerprint density at radius 1 is 1.32 bits per heavy atom. The number of terminal acetylenes is 1. The molecule has 1 aromatic heterocycles. The highest BCUT2D eigenvalue weighted by atomic mass is 127. The molecule has 0 bridgehead atoms. The lowest BCUT2D eigenvalue weighted by molar-refractivity contribution is 0.457. The molecule has 0 atom stereocenters. The summed E-state index contributed by atoms with van der Waals surface area (Å²) >= 11 is 0. The predicted octanol–water partition coefficient (Wildman–Crippen LogP) is 3.32. The molecule has 25 heavy (non-hydrogen) atoms. The summed E-state index contributed by atoms with van der Waals surface area (Å²) in [7, 11) is 0. The molecule has 2 aromatic rings. The van der Waals surface area contributed by atoms with E-state index in [9.17, 15) is 4.39 Å². The minimum Gasteiger partial charge on any atom is -0.439 e. The van der Waals surface area contributed by atoms with Crippen LogP contribution in [0.4, 0.5) is 4.39 Å². The first-order valence-electron chi connectivity index (χ1n) is 7.55. The number of nitrogens with zero attached hydrogens (tertiary/aromatic N) is 2. The van der Waals surface area contributed by atoms with Gasteiger partial charge in [-0.25, -0.2) is 14.4 Å². The number of halogens is 2. The molecule has 2 rings (SSSR count). The Hall–Kier alpha value is -2.34. The molecule has 0 saturated carbocycles. The van der Waals surface area contributed by atoms with Crippen LogP contribution in [0.1, 0.15) is 12.5 Å². The number of hydrogen-bond acceptors (Lipinski definition) is 3. The minimum atomic E-state index is -0.353. The van der Waals surface area contributed by atoms with Crippen LogP contribution in [0.2, 0.25) is 0 Å². The van der Waals surface area contributed by atoms with Crippen molar-refractivity contribution in [3.8, 4) is 24.0 Å². The lowest BCUT2D eigenvalue weighted by Gasteiger charge is -2.09. The SMILES string of the molecule is C#CCNC(=NCc1ccc(Oc2cccc(F)c2)nc1)NCC.I. The Balaban J connectivity index is 0.00000312. The van der Waals surface area contributed by atoms with E-state index in [0.29, 0.717) is 30.7 Å². The fourth-order valence-electron chi connectivity index (χ4n) is 1.86. The summed E-state index contributed by atoms with van der Waals surface area (Å²) < 4.78 is 18.6. The molecule has 0 spiro atoms. The maximum absolute atomic E-state index is 13.1. The summed E-state index contributed by atoms with van der Waals surface area (Å²) in [4.78, 5) is 8.62. The van der Waals surface area contributed by atoms with Crippen LogP contribution in [0, 0.1) is 18.2 Å². The Bertz CT molecular complexity index is 729. The molecule has 0 radical (unpaired) electrons. The Morgan fingerprint density at radius 2 is 2.16 bits per heavy atom. The molecule has 0 fully saturated rings. The molecule has 7 heteroatoms. The van der Waals surface area contributed by atoms with Gasteiger partial charge < -0.3 is 15.4 Å². The lowest BCUT2D eigenvalue weighted by atomic mass is 10.3. The van der Waals surface area contributed by atoms with Crippen LogP contribution < -0.4 is 15.4 Å². The minimum absolute atomic E-state index is 0. The van der Waals surface area contributed by atoms with E-state index < -0.39 is 0 Å². The summed E-state index contributed by atoms with van der Waals surface area (Å²) in [6.07, 6.45) is 6.90. The Kier molecular flexibility index (Phi) is 9.32. The predicted molar refractivity (Wildman–Crippen MR) is 108 cm³/mol. The average molecular weight is 454 g/mol. The number of aromatic nitrogens is 1. The number of nitrogens with one attached hydrogen (secondary N) is 2. The van der Waals surface area contributed by atoms with Gasteiger partial charge in [0.1, 0.15) is 11.6 Å². The van der Waals surface area contributed by atoms with E-state index in [1.54, 1.807) is 24.4 Å². The van der Waals surface area contributed by atoms with Crippen LogP contribution in [-0.2, 0) is 6.54 Å². The van der Waals surface area contributed by atoms with Crippen molar-refractivity contribution in [3.05, 3.63) is 54.0 Å². The van der Waals surface area contributed by atoms with Crippen molar-refractivity contribution < 1.29 is 9.13 Å². The molecule has 1 heterocycles. The van der Waals surface area contributed by atoms with E-state index in [1.165, 1.54) is 12.1 Å². The van der Waals surface area contributed by atoms with Crippen molar-refractivity contribution in [2.75, 3.05) is 13.1 Å². The van der Waals surface area contributed by atoms with Crippen molar-refractivity contribution in [2.45, 2.75) is 13.5 Å². The van der Waals surface area contributed by atoms with Crippen molar-refractivity contribution in [3.63, 3.8) is 0 Å². The molecular weight excluding hydrogens is 434 g/mol. The number of guanidine groups is 1. The molecule has 0 aliphatic heterocycles. The average Bonchev–Trinajstić information content (AvgIpc) is 2.59. The summed E-state index contributed by atoms with van der Waals surface area (Å²) in [6.45, 7) is 3.58. The number of ether oxygens (including phenoxy) is 1. The first-order valence-corrected chi connectivity index (χ1v) is 7.55.